The van der Waals surface area contributed by atoms with Gasteiger partial charge in [-0.1, -0.05) is 0 Å². The Morgan fingerprint density at radius 3 is 2.56 bits per heavy atom. The largest absolute Gasteiger partial charge is 0.300 e. The third-order valence-electron chi connectivity index (χ3n) is 0.782. The van der Waals surface area contributed by atoms with Crippen molar-refractivity contribution in [2.24, 2.45) is 4.99 Å². The fourth-order valence-corrected chi connectivity index (χ4v) is 0.392. The van der Waals surface area contributed by atoms with E-state index in [2.05, 4.69) is 4.99 Å². The summed E-state index contributed by atoms with van der Waals surface area (Å²) in [6.07, 6.45) is 2.14. The van der Waals surface area contributed by atoms with Gasteiger partial charge in [-0.3, -0.25) is 9.79 Å². The summed E-state index contributed by atoms with van der Waals surface area (Å²) in [4.78, 5) is 14.4. The minimum atomic E-state index is 0.166. The molecule has 0 spiro atoms. The van der Waals surface area contributed by atoms with E-state index in [9.17, 15) is 4.79 Å². The molecule has 0 bridgehead atoms. The van der Waals surface area contributed by atoms with Crippen molar-refractivity contribution in [3.63, 3.8) is 0 Å². The number of hydrogen-bond donors (Lipinski definition) is 0. The molecule has 0 N–H and O–H groups in total. The highest BCUT2D eigenvalue weighted by atomic mass is 16.1. The van der Waals surface area contributed by atoms with E-state index in [0.717, 1.165) is 0 Å². The number of carbonyl (C=O) groups excluding carboxylic acids is 1. The molecule has 0 rings (SSSR count). The normalized spacial score (nSPS) is 11.1. The van der Waals surface area contributed by atoms with Crippen LogP contribution in [-0.4, -0.2) is 18.0 Å². The monoisotopic (exact) mass is 127 g/mol. The molecule has 0 radical (unpaired) electrons. The van der Waals surface area contributed by atoms with Crippen LogP contribution in [0.2, 0.25) is 0 Å². The van der Waals surface area contributed by atoms with Crippen molar-refractivity contribution in [2.75, 3.05) is 0 Å². The predicted molar refractivity (Wildman–Crippen MR) is 38.9 cm³/mol. The molecule has 0 saturated carbocycles. The fraction of sp³-hybridized carbons (Fsp3) is 0.714. The zero-order chi connectivity index (χ0) is 7.28. The third kappa shape index (κ3) is 7.34. The molecule has 0 aromatic rings. The second-order valence-electron chi connectivity index (χ2n) is 2.33. The molecular formula is C7H13NO. The zero-order valence-electron chi connectivity index (χ0n) is 6.22. The third-order valence-corrected chi connectivity index (χ3v) is 0.782. The average molecular weight is 127 g/mol. The van der Waals surface area contributed by atoms with E-state index in [1.807, 2.05) is 13.8 Å². The fourth-order valence-electron chi connectivity index (χ4n) is 0.392. The summed E-state index contributed by atoms with van der Waals surface area (Å²) in [5.74, 6) is 0.166. The van der Waals surface area contributed by atoms with E-state index in [0.29, 0.717) is 12.5 Å². The van der Waals surface area contributed by atoms with E-state index in [1.165, 1.54) is 0 Å². The lowest BCUT2D eigenvalue weighted by atomic mass is 10.3. The number of aliphatic imine (C=N–C) groups is 1. The smallest absolute Gasteiger partial charge is 0.135 e. The Morgan fingerprint density at radius 1 is 1.67 bits per heavy atom. The van der Waals surface area contributed by atoms with Crippen LogP contribution in [0.3, 0.4) is 0 Å². The van der Waals surface area contributed by atoms with Crippen molar-refractivity contribution in [2.45, 2.75) is 33.2 Å². The summed E-state index contributed by atoms with van der Waals surface area (Å²) in [6, 6.07) is 0.310. The van der Waals surface area contributed by atoms with Crippen LogP contribution in [0.5, 0.6) is 0 Å². The maximum absolute atomic E-state index is 10.3. The molecule has 0 aromatic heterocycles. The van der Waals surface area contributed by atoms with Crippen molar-refractivity contribution in [3.05, 3.63) is 0 Å². The van der Waals surface area contributed by atoms with E-state index >= 15 is 0 Å². The van der Waals surface area contributed by atoms with Gasteiger partial charge >= 0.3 is 0 Å². The van der Waals surface area contributed by atoms with Gasteiger partial charge < -0.3 is 0 Å². The highest BCUT2D eigenvalue weighted by molar-refractivity contribution is 5.89. The summed E-state index contributed by atoms with van der Waals surface area (Å²) in [7, 11) is 0. The van der Waals surface area contributed by atoms with Crippen LogP contribution in [0.4, 0.5) is 0 Å². The van der Waals surface area contributed by atoms with E-state index in [1.54, 1.807) is 13.1 Å². The molecule has 52 valence electrons. The quantitative estimate of drug-likeness (QED) is 0.527. The minimum absolute atomic E-state index is 0.166. The number of ketones is 1. The number of carbonyl (C=O) groups is 1. The first-order valence-corrected chi connectivity index (χ1v) is 3.14. The lowest BCUT2D eigenvalue weighted by Crippen LogP contribution is -1.93. The van der Waals surface area contributed by atoms with Crippen molar-refractivity contribution in [3.8, 4) is 0 Å². The van der Waals surface area contributed by atoms with Crippen LogP contribution < -0.4 is 0 Å². The first-order valence-electron chi connectivity index (χ1n) is 3.14. The van der Waals surface area contributed by atoms with Gasteiger partial charge in [0.25, 0.3) is 0 Å². The van der Waals surface area contributed by atoms with Gasteiger partial charge in [0.15, 0.2) is 0 Å². The molecule has 2 heteroatoms. The van der Waals surface area contributed by atoms with Gasteiger partial charge in [0, 0.05) is 18.7 Å². The molecule has 0 aromatic carbocycles. The zero-order valence-corrected chi connectivity index (χ0v) is 6.22. The molecule has 0 saturated heterocycles. The van der Waals surface area contributed by atoms with Crippen molar-refractivity contribution in [1.82, 2.24) is 0 Å². The number of hydrogen-bond acceptors (Lipinski definition) is 2. The van der Waals surface area contributed by atoms with Gasteiger partial charge in [-0.2, -0.15) is 0 Å². The number of nitrogens with zero attached hydrogens (tertiary/aromatic N) is 1. The van der Waals surface area contributed by atoms with Gasteiger partial charge in [-0.25, -0.2) is 0 Å². The Hall–Kier alpha value is -0.660. The molecule has 0 heterocycles. The Morgan fingerprint density at radius 2 is 2.22 bits per heavy atom. The molecule has 0 atom stereocenters. The van der Waals surface area contributed by atoms with Gasteiger partial charge in [-0.05, 0) is 20.8 Å². The summed E-state index contributed by atoms with van der Waals surface area (Å²) in [6.45, 7) is 5.53. The predicted octanol–water partition coefficient (Wildman–Crippen LogP) is 1.44. The highest BCUT2D eigenvalue weighted by Gasteiger charge is 1.87. The molecular weight excluding hydrogens is 114 g/mol. The molecule has 2 nitrogen and oxygen atoms in total. The molecule has 0 aliphatic carbocycles. The van der Waals surface area contributed by atoms with E-state index in [-0.39, 0.29) is 5.78 Å². The van der Waals surface area contributed by atoms with Crippen molar-refractivity contribution in [1.29, 1.82) is 0 Å². The molecule has 0 aliphatic rings. The molecule has 0 fully saturated rings. The van der Waals surface area contributed by atoms with Gasteiger partial charge in [0.1, 0.15) is 5.78 Å². The lowest BCUT2D eigenvalue weighted by molar-refractivity contribution is -0.115. The summed E-state index contributed by atoms with van der Waals surface area (Å²) < 4.78 is 0. The van der Waals surface area contributed by atoms with Gasteiger partial charge in [0.2, 0.25) is 0 Å². The van der Waals surface area contributed by atoms with Crippen LogP contribution in [0, 0.1) is 0 Å². The lowest BCUT2D eigenvalue weighted by Gasteiger charge is -1.91. The van der Waals surface area contributed by atoms with Crippen LogP contribution in [0.15, 0.2) is 4.99 Å². The molecule has 0 unspecified atom stereocenters. The van der Waals surface area contributed by atoms with Gasteiger partial charge in [0.05, 0.1) is 0 Å². The Balaban J connectivity index is 3.36. The van der Waals surface area contributed by atoms with Crippen molar-refractivity contribution < 1.29 is 4.79 Å². The first-order chi connectivity index (χ1) is 4.13. The topological polar surface area (TPSA) is 29.4 Å². The van der Waals surface area contributed by atoms with Gasteiger partial charge in [-0.15, -0.1) is 0 Å². The average Bonchev–Trinajstić information content (AvgIpc) is 1.63. The molecule has 0 amide bonds. The molecule has 9 heavy (non-hydrogen) atoms. The molecule has 0 aliphatic heterocycles. The minimum Gasteiger partial charge on any atom is -0.300 e. The van der Waals surface area contributed by atoms with Crippen LogP contribution in [0.1, 0.15) is 27.2 Å². The Bertz CT molecular complexity index is 116. The second-order valence-corrected chi connectivity index (χ2v) is 2.33. The summed E-state index contributed by atoms with van der Waals surface area (Å²) in [5.41, 5.74) is 0. The first kappa shape index (κ1) is 8.34. The van der Waals surface area contributed by atoms with E-state index < -0.39 is 0 Å². The Kier molecular flexibility index (Phi) is 3.93. The highest BCUT2D eigenvalue weighted by Crippen LogP contribution is 1.84. The maximum Gasteiger partial charge on any atom is 0.135 e. The second kappa shape index (κ2) is 4.24. The maximum atomic E-state index is 10.3. The standard InChI is InChI=1S/C7H13NO/c1-6(2)8-5-4-7(3)9/h5-6H,4H2,1-3H3. The SMILES string of the molecule is CC(=O)CC=NC(C)C. The number of rotatable bonds is 3. The van der Waals surface area contributed by atoms with Crippen LogP contribution in [-0.2, 0) is 4.79 Å². The van der Waals surface area contributed by atoms with Crippen molar-refractivity contribution >= 4 is 12.0 Å². The number of Topliss-reactive ketones (excluding diaryl/α,β-unsaturated/α-hetero) is 1. The van der Waals surface area contributed by atoms with E-state index in [4.69, 9.17) is 0 Å². The van der Waals surface area contributed by atoms with Crippen LogP contribution in [0.25, 0.3) is 0 Å². The summed E-state index contributed by atoms with van der Waals surface area (Å²) >= 11 is 0. The Labute approximate surface area is 56.0 Å². The van der Waals surface area contributed by atoms with Crippen LogP contribution >= 0.6 is 0 Å². The summed E-state index contributed by atoms with van der Waals surface area (Å²) in [5, 5.41) is 0.